The second-order valence-electron chi connectivity index (χ2n) is 13.9. The first-order valence-electron chi connectivity index (χ1n) is 16.9. The molecule has 0 bridgehead atoms. The van der Waals surface area contributed by atoms with E-state index in [1.807, 2.05) is 26.8 Å². The van der Waals surface area contributed by atoms with Crippen LogP contribution in [0.3, 0.4) is 0 Å². The number of hydrogen-bond donors (Lipinski definition) is 0. The van der Waals surface area contributed by atoms with Gasteiger partial charge in [-0.2, -0.15) is 0 Å². The first-order valence-corrected chi connectivity index (χ1v) is 15.9. The molecule has 2 heteroatoms. The Morgan fingerprint density at radius 1 is 0.727 bits per heavy atom. The summed E-state index contributed by atoms with van der Waals surface area (Å²) < 4.78 is 27.1. The molecular weight excluding hydrogens is 534 g/mol. The quantitative estimate of drug-likeness (QED) is 0.179. The lowest BCUT2D eigenvalue weighted by molar-refractivity contribution is -0.660. The van der Waals surface area contributed by atoms with Crippen LogP contribution in [0.2, 0.25) is 0 Å². The molecule has 0 saturated heterocycles. The average molecular weight is 583 g/mol. The van der Waals surface area contributed by atoms with E-state index in [1.54, 1.807) is 0 Å². The number of rotatable bonds is 6. The summed E-state index contributed by atoms with van der Waals surface area (Å²) in [6.07, 6.45) is 0.678. The third-order valence-electron chi connectivity index (χ3n) is 8.61. The zero-order valence-corrected chi connectivity index (χ0v) is 27.7. The zero-order chi connectivity index (χ0) is 33.1. The van der Waals surface area contributed by atoms with Gasteiger partial charge in [-0.05, 0) is 87.2 Å². The van der Waals surface area contributed by atoms with E-state index in [2.05, 4.69) is 131 Å². The molecule has 0 radical (unpaired) electrons. The number of furan rings is 1. The van der Waals surface area contributed by atoms with Gasteiger partial charge in [0.1, 0.15) is 18.2 Å². The molecule has 0 aliphatic heterocycles. The fraction of sp³-hybridized carbons (Fsp3) is 0.310. The molecule has 224 valence electrons. The Kier molecular flexibility index (Phi) is 7.09. The molecule has 4 aromatic carbocycles. The van der Waals surface area contributed by atoms with Crippen molar-refractivity contribution in [1.82, 2.24) is 0 Å². The number of fused-ring (bicyclic) bond motifs is 3. The fourth-order valence-electron chi connectivity index (χ4n) is 6.48. The smallest absolute Gasteiger partial charge is 0.216 e. The Bertz CT molecular complexity index is 2050. The van der Waals surface area contributed by atoms with Gasteiger partial charge in [-0.3, -0.25) is 0 Å². The molecule has 0 aliphatic carbocycles. The van der Waals surface area contributed by atoms with Crippen LogP contribution in [-0.4, -0.2) is 0 Å². The van der Waals surface area contributed by atoms with Gasteiger partial charge in [0.15, 0.2) is 6.20 Å². The van der Waals surface area contributed by atoms with Crippen molar-refractivity contribution >= 4 is 21.9 Å². The average Bonchev–Trinajstić information content (AvgIpc) is 3.38. The Morgan fingerprint density at radius 3 is 2.02 bits per heavy atom. The van der Waals surface area contributed by atoms with E-state index in [1.165, 1.54) is 22.3 Å². The van der Waals surface area contributed by atoms with Crippen LogP contribution in [0.15, 0.2) is 95.5 Å². The van der Waals surface area contributed by atoms with Gasteiger partial charge in [-0.1, -0.05) is 109 Å². The summed E-state index contributed by atoms with van der Waals surface area (Å²) in [6.45, 7) is 17.0. The Labute approximate surface area is 266 Å². The lowest BCUT2D eigenvalue weighted by atomic mass is 9.80. The lowest BCUT2D eigenvalue weighted by Gasteiger charge is -2.25. The highest BCUT2D eigenvalue weighted by Gasteiger charge is 2.25. The number of aromatic nitrogens is 1. The first kappa shape index (κ1) is 27.4. The van der Waals surface area contributed by atoms with E-state index < -0.39 is 11.8 Å². The SMILES string of the molecule is [2H]C([2H])(c1cc(C(C)C)c(-c2cc[n+](C)c(-c3c(C)ccc4c3oc3cc(-c5ccccc5)ccc34)c2)c(C(C)C)c1)C(C)(C)C. The topological polar surface area (TPSA) is 17.0 Å². The summed E-state index contributed by atoms with van der Waals surface area (Å²) in [5, 5.41) is 2.22. The van der Waals surface area contributed by atoms with Gasteiger partial charge in [0.2, 0.25) is 5.69 Å². The molecule has 2 nitrogen and oxygen atoms in total. The molecule has 0 N–H and O–H groups in total. The summed E-state index contributed by atoms with van der Waals surface area (Å²) in [5.41, 5.74) is 12.4. The molecule has 2 heterocycles. The van der Waals surface area contributed by atoms with Gasteiger partial charge < -0.3 is 4.42 Å². The second-order valence-corrected chi connectivity index (χ2v) is 13.9. The number of nitrogens with zero attached hydrogens (tertiary/aromatic N) is 1. The van der Waals surface area contributed by atoms with E-state index in [-0.39, 0.29) is 11.8 Å². The van der Waals surface area contributed by atoms with Crippen LogP contribution in [0.25, 0.3) is 55.4 Å². The van der Waals surface area contributed by atoms with Crippen LogP contribution in [0.1, 0.15) is 85.3 Å². The maximum absolute atomic E-state index is 9.10. The minimum Gasteiger partial charge on any atom is -0.455 e. The van der Waals surface area contributed by atoms with E-state index in [0.717, 1.165) is 55.4 Å². The maximum atomic E-state index is 9.10. The van der Waals surface area contributed by atoms with E-state index in [4.69, 9.17) is 7.16 Å². The molecule has 0 amide bonds. The summed E-state index contributed by atoms with van der Waals surface area (Å²) in [7, 11) is 2.10. The molecule has 0 fully saturated rings. The molecule has 0 spiro atoms. The molecule has 6 aromatic rings. The zero-order valence-electron chi connectivity index (χ0n) is 29.7. The number of aryl methyl sites for hydroxylation is 2. The van der Waals surface area contributed by atoms with Crippen molar-refractivity contribution in [3.05, 3.63) is 113 Å². The Morgan fingerprint density at radius 2 is 1.39 bits per heavy atom. The molecule has 0 atom stereocenters. The van der Waals surface area contributed by atoms with Crippen LogP contribution in [0.5, 0.6) is 0 Å². The minimum atomic E-state index is -1.47. The molecule has 44 heavy (non-hydrogen) atoms. The van der Waals surface area contributed by atoms with E-state index in [0.29, 0.717) is 0 Å². The van der Waals surface area contributed by atoms with Crippen molar-refractivity contribution in [1.29, 1.82) is 0 Å². The summed E-state index contributed by atoms with van der Waals surface area (Å²) in [4.78, 5) is 0. The molecule has 0 unspecified atom stereocenters. The largest absolute Gasteiger partial charge is 0.455 e. The maximum Gasteiger partial charge on any atom is 0.216 e. The monoisotopic (exact) mass is 582 g/mol. The van der Waals surface area contributed by atoms with Crippen LogP contribution in [0, 0.1) is 12.3 Å². The van der Waals surface area contributed by atoms with Crippen LogP contribution >= 0.6 is 0 Å². The fourth-order valence-corrected chi connectivity index (χ4v) is 6.48. The minimum absolute atomic E-state index is 0.222. The molecule has 6 rings (SSSR count). The van der Waals surface area contributed by atoms with Gasteiger partial charge in [-0.25, -0.2) is 4.57 Å². The molecule has 0 saturated carbocycles. The van der Waals surface area contributed by atoms with Crippen LogP contribution < -0.4 is 4.57 Å². The van der Waals surface area contributed by atoms with Crippen molar-refractivity contribution in [3.8, 4) is 33.5 Å². The summed E-state index contributed by atoms with van der Waals surface area (Å²) in [5.74, 6) is 0.444. The molecule has 2 aromatic heterocycles. The van der Waals surface area contributed by atoms with Crippen LogP contribution in [0.4, 0.5) is 0 Å². The summed E-state index contributed by atoms with van der Waals surface area (Å²) >= 11 is 0. The summed E-state index contributed by atoms with van der Waals surface area (Å²) in [6, 6.07) is 30.1. The van der Waals surface area contributed by atoms with Gasteiger partial charge in [0.25, 0.3) is 0 Å². The highest BCUT2D eigenvalue weighted by Crippen LogP contribution is 2.42. The Balaban J connectivity index is 1.58. The third kappa shape index (κ3) is 5.59. The highest BCUT2D eigenvalue weighted by atomic mass is 16.3. The van der Waals surface area contributed by atoms with Gasteiger partial charge >= 0.3 is 0 Å². The Hall–Kier alpha value is -4.17. The molecular formula is C42H46NO+. The van der Waals surface area contributed by atoms with Crippen molar-refractivity contribution < 1.29 is 11.7 Å². The number of benzene rings is 4. The van der Waals surface area contributed by atoms with Crippen molar-refractivity contribution in [2.24, 2.45) is 12.5 Å². The standard InChI is InChI=1S/C42H46NO/c1-26(2)35-21-29(25-42(6,7)8)22-36(27(3)4)40(35)32-19-20-43(9)37(23-32)39-28(5)15-17-34-33-18-16-31(24-38(33)44-41(34)39)30-13-11-10-12-14-30/h10-24,26-27H,25H2,1-9H3/q+1/i25D2. The van der Waals surface area contributed by atoms with Crippen molar-refractivity contribution in [2.75, 3.05) is 0 Å². The van der Waals surface area contributed by atoms with Gasteiger partial charge in [0.05, 0.1) is 5.56 Å². The van der Waals surface area contributed by atoms with Crippen molar-refractivity contribution in [2.45, 2.75) is 73.6 Å². The predicted octanol–water partition coefficient (Wildman–Crippen LogP) is 11.6. The molecule has 0 aliphatic rings. The van der Waals surface area contributed by atoms with Gasteiger partial charge in [0, 0.05) is 25.6 Å². The number of pyridine rings is 1. The third-order valence-corrected chi connectivity index (χ3v) is 8.61. The predicted molar refractivity (Wildman–Crippen MR) is 187 cm³/mol. The first-order chi connectivity index (χ1) is 21.7. The lowest BCUT2D eigenvalue weighted by Crippen LogP contribution is -2.30. The number of hydrogen-bond acceptors (Lipinski definition) is 1. The highest BCUT2D eigenvalue weighted by molar-refractivity contribution is 6.10. The van der Waals surface area contributed by atoms with Crippen molar-refractivity contribution in [3.63, 3.8) is 0 Å². The van der Waals surface area contributed by atoms with E-state index in [9.17, 15) is 0 Å². The second kappa shape index (κ2) is 11.4. The normalized spacial score (nSPS) is 13.2. The van der Waals surface area contributed by atoms with Gasteiger partial charge in [-0.15, -0.1) is 0 Å². The van der Waals surface area contributed by atoms with Crippen LogP contribution in [-0.2, 0) is 13.4 Å². The van der Waals surface area contributed by atoms with E-state index >= 15 is 0 Å².